The number of rotatable bonds is 7. The molecule has 0 radical (unpaired) electrons. The second-order valence-corrected chi connectivity index (χ2v) is 2.99. The zero-order valence-corrected chi connectivity index (χ0v) is 9.78. The van der Waals surface area contributed by atoms with Gasteiger partial charge in [-0.3, -0.25) is 0 Å². The molecule has 0 atom stereocenters. The molecule has 7 heteroatoms. The van der Waals surface area contributed by atoms with E-state index < -0.39 is 0 Å². The molecule has 1 aromatic heterocycles. The molecule has 0 saturated heterocycles. The molecule has 1 aromatic rings. The van der Waals surface area contributed by atoms with Gasteiger partial charge >= 0.3 is 6.01 Å². The third-order valence-electron chi connectivity index (χ3n) is 1.83. The first kappa shape index (κ1) is 12.4. The fourth-order valence-corrected chi connectivity index (χ4v) is 1.06. The molecule has 0 bridgehead atoms. The minimum Gasteiger partial charge on any atom is -0.467 e. The van der Waals surface area contributed by atoms with Crippen molar-refractivity contribution in [2.24, 2.45) is 0 Å². The quantitative estimate of drug-likeness (QED) is 0.651. The molecule has 0 spiro atoms. The molecule has 1 rings (SSSR count). The Labute approximate surface area is 94.6 Å². The van der Waals surface area contributed by atoms with E-state index in [2.05, 4.69) is 25.6 Å². The first-order valence-corrected chi connectivity index (χ1v) is 5.00. The predicted octanol–water partition coefficient (Wildman–Crippen LogP) is 0.370. The topological polar surface area (TPSA) is 81.2 Å². The second-order valence-electron chi connectivity index (χ2n) is 2.99. The number of ether oxygens (including phenoxy) is 2. The van der Waals surface area contributed by atoms with Crippen LogP contribution in [0.25, 0.3) is 0 Å². The lowest BCUT2D eigenvalue weighted by Gasteiger charge is -2.07. The van der Waals surface area contributed by atoms with Gasteiger partial charge in [0.1, 0.15) is 0 Å². The van der Waals surface area contributed by atoms with Crippen LogP contribution in [0.5, 0.6) is 6.01 Å². The Balaban J connectivity index is 2.57. The summed E-state index contributed by atoms with van der Waals surface area (Å²) in [5.74, 6) is 0.966. The summed E-state index contributed by atoms with van der Waals surface area (Å²) in [6.07, 6.45) is 0.888. The number of nitrogens with zero attached hydrogens (tertiary/aromatic N) is 3. The highest BCUT2D eigenvalue weighted by molar-refractivity contribution is 5.35. The SMILES string of the molecule is CNc1nc(NCCCOC)nc(OC)n1. The van der Waals surface area contributed by atoms with E-state index in [1.54, 1.807) is 14.2 Å². The van der Waals surface area contributed by atoms with Crippen molar-refractivity contribution in [3.05, 3.63) is 0 Å². The zero-order chi connectivity index (χ0) is 11.8. The van der Waals surface area contributed by atoms with Gasteiger partial charge in [-0.2, -0.15) is 15.0 Å². The maximum Gasteiger partial charge on any atom is 0.322 e. The molecule has 16 heavy (non-hydrogen) atoms. The minimum atomic E-state index is 0.286. The van der Waals surface area contributed by atoms with E-state index in [-0.39, 0.29) is 6.01 Å². The molecule has 1 heterocycles. The summed E-state index contributed by atoms with van der Waals surface area (Å²) in [5.41, 5.74) is 0. The molecule has 2 N–H and O–H groups in total. The van der Waals surface area contributed by atoms with Crippen LogP contribution in [0.3, 0.4) is 0 Å². The Morgan fingerprint density at radius 1 is 1.12 bits per heavy atom. The summed E-state index contributed by atoms with van der Waals surface area (Å²) in [6.45, 7) is 1.44. The molecule has 0 saturated carbocycles. The van der Waals surface area contributed by atoms with Gasteiger partial charge in [0.2, 0.25) is 11.9 Å². The Kier molecular flexibility index (Phi) is 5.27. The molecule has 0 unspecified atom stereocenters. The number of anilines is 2. The highest BCUT2D eigenvalue weighted by atomic mass is 16.5. The maximum absolute atomic E-state index is 4.96. The zero-order valence-electron chi connectivity index (χ0n) is 9.78. The van der Waals surface area contributed by atoms with Crippen LogP contribution in [0, 0.1) is 0 Å². The number of nitrogens with one attached hydrogen (secondary N) is 2. The number of aromatic nitrogens is 3. The predicted molar refractivity (Wildman–Crippen MR) is 60.9 cm³/mol. The van der Waals surface area contributed by atoms with Crippen molar-refractivity contribution in [1.82, 2.24) is 15.0 Å². The highest BCUT2D eigenvalue weighted by Crippen LogP contribution is 2.09. The third-order valence-corrected chi connectivity index (χ3v) is 1.83. The van der Waals surface area contributed by atoms with E-state index in [9.17, 15) is 0 Å². The van der Waals surface area contributed by atoms with Crippen molar-refractivity contribution in [3.8, 4) is 6.01 Å². The molecule has 0 fully saturated rings. The summed E-state index contributed by atoms with van der Waals surface area (Å²) in [6, 6.07) is 0.286. The number of hydrogen-bond acceptors (Lipinski definition) is 7. The van der Waals surface area contributed by atoms with Gasteiger partial charge in [0, 0.05) is 27.3 Å². The molecule has 0 aliphatic heterocycles. The van der Waals surface area contributed by atoms with Crippen LogP contribution in [-0.2, 0) is 4.74 Å². The van der Waals surface area contributed by atoms with E-state index in [1.807, 2.05) is 0 Å². The highest BCUT2D eigenvalue weighted by Gasteiger charge is 2.04. The van der Waals surface area contributed by atoms with Gasteiger partial charge in [-0.05, 0) is 6.42 Å². The molecule has 90 valence electrons. The van der Waals surface area contributed by atoms with Gasteiger partial charge in [-0.15, -0.1) is 0 Å². The largest absolute Gasteiger partial charge is 0.467 e. The average Bonchev–Trinajstić information content (AvgIpc) is 2.34. The second kappa shape index (κ2) is 6.78. The number of methoxy groups -OCH3 is 2. The average molecular weight is 227 g/mol. The normalized spacial score (nSPS) is 9.94. The van der Waals surface area contributed by atoms with Crippen molar-refractivity contribution in [3.63, 3.8) is 0 Å². The van der Waals surface area contributed by atoms with E-state index in [4.69, 9.17) is 9.47 Å². The molecule has 0 aliphatic carbocycles. The Hall–Kier alpha value is -1.63. The summed E-state index contributed by atoms with van der Waals surface area (Å²) < 4.78 is 9.90. The van der Waals surface area contributed by atoms with Crippen LogP contribution in [0.15, 0.2) is 0 Å². The minimum absolute atomic E-state index is 0.286. The van der Waals surface area contributed by atoms with Crippen LogP contribution in [0.2, 0.25) is 0 Å². The Morgan fingerprint density at radius 3 is 2.50 bits per heavy atom. The molecule has 0 amide bonds. The van der Waals surface area contributed by atoms with Crippen molar-refractivity contribution in [2.45, 2.75) is 6.42 Å². The third kappa shape index (κ3) is 3.85. The van der Waals surface area contributed by atoms with Crippen molar-refractivity contribution in [2.75, 3.05) is 45.1 Å². The van der Waals surface area contributed by atoms with Crippen LogP contribution >= 0.6 is 0 Å². The lowest BCUT2D eigenvalue weighted by Crippen LogP contribution is -2.10. The van der Waals surface area contributed by atoms with Gasteiger partial charge in [0.25, 0.3) is 0 Å². The fourth-order valence-electron chi connectivity index (χ4n) is 1.06. The molecule has 7 nitrogen and oxygen atoms in total. The number of hydrogen-bond donors (Lipinski definition) is 2. The van der Waals surface area contributed by atoms with E-state index in [0.717, 1.165) is 13.0 Å². The lowest BCUT2D eigenvalue weighted by molar-refractivity contribution is 0.197. The standard InChI is InChI=1S/C9H17N5O2/c1-10-7-12-8(11-5-4-6-15-2)14-9(13-7)16-3/h4-6H2,1-3H3,(H2,10,11,12,13,14). The molecular weight excluding hydrogens is 210 g/mol. The van der Waals surface area contributed by atoms with Gasteiger partial charge in [0.05, 0.1) is 7.11 Å². The van der Waals surface area contributed by atoms with E-state index >= 15 is 0 Å². The molecular formula is C9H17N5O2. The Morgan fingerprint density at radius 2 is 1.88 bits per heavy atom. The molecule has 0 aromatic carbocycles. The van der Waals surface area contributed by atoms with Crippen molar-refractivity contribution in [1.29, 1.82) is 0 Å². The van der Waals surface area contributed by atoms with Crippen LogP contribution in [0.4, 0.5) is 11.9 Å². The van der Waals surface area contributed by atoms with Crippen LogP contribution < -0.4 is 15.4 Å². The monoisotopic (exact) mass is 227 g/mol. The lowest BCUT2D eigenvalue weighted by atomic mass is 10.4. The molecule has 0 aliphatic rings. The van der Waals surface area contributed by atoms with Crippen LogP contribution in [0.1, 0.15) is 6.42 Å². The Bertz CT molecular complexity index is 299. The first-order chi connectivity index (χ1) is 7.80. The summed E-state index contributed by atoms with van der Waals surface area (Å²) in [4.78, 5) is 12.2. The smallest absolute Gasteiger partial charge is 0.322 e. The first-order valence-electron chi connectivity index (χ1n) is 5.00. The maximum atomic E-state index is 4.96. The summed E-state index contributed by atoms with van der Waals surface area (Å²) in [7, 11) is 4.93. The van der Waals surface area contributed by atoms with Crippen LogP contribution in [-0.4, -0.2) is 49.4 Å². The van der Waals surface area contributed by atoms with Gasteiger partial charge in [0.15, 0.2) is 0 Å². The summed E-state index contributed by atoms with van der Waals surface area (Å²) >= 11 is 0. The fraction of sp³-hybridized carbons (Fsp3) is 0.667. The van der Waals surface area contributed by atoms with Crippen molar-refractivity contribution < 1.29 is 9.47 Å². The van der Waals surface area contributed by atoms with Crippen molar-refractivity contribution >= 4 is 11.9 Å². The van der Waals surface area contributed by atoms with Gasteiger partial charge in [-0.1, -0.05) is 0 Å². The van der Waals surface area contributed by atoms with E-state index in [0.29, 0.717) is 18.5 Å². The van der Waals surface area contributed by atoms with E-state index in [1.165, 1.54) is 7.11 Å². The van der Waals surface area contributed by atoms with Gasteiger partial charge in [-0.25, -0.2) is 0 Å². The van der Waals surface area contributed by atoms with Gasteiger partial charge < -0.3 is 20.1 Å². The summed E-state index contributed by atoms with van der Waals surface area (Å²) in [5, 5.41) is 5.90.